The fourth-order valence-electron chi connectivity index (χ4n) is 1.89. The Morgan fingerprint density at radius 2 is 2.00 bits per heavy atom. The molecule has 1 aliphatic rings. The van der Waals surface area contributed by atoms with E-state index in [1.165, 1.54) is 25.7 Å². The van der Waals surface area contributed by atoms with E-state index in [0.717, 1.165) is 11.7 Å². The predicted molar refractivity (Wildman–Crippen MR) is 64.9 cm³/mol. The first-order chi connectivity index (χ1) is 6.29. The molecule has 0 aromatic carbocycles. The van der Waals surface area contributed by atoms with Gasteiger partial charge in [-0.25, -0.2) is 0 Å². The fraction of sp³-hybridized carbons (Fsp3) is 0.889. The maximum Gasteiger partial charge on any atom is 0.0977 e. The molecule has 0 atom stereocenters. The average Bonchev–Trinajstić information content (AvgIpc) is 2.59. The summed E-state index contributed by atoms with van der Waals surface area (Å²) >= 11 is 8.44. The first-order valence-electron chi connectivity index (χ1n) is 4.79. The molecular formula is C9H18N2S2. The zero-order valence-corrected chi connectivity index (χ0v) is 9.90. The second kappa shape index (κ2) is 5.81. The van der Waals surface area contributed by atoms with Crippen LogP contribution in [0.25, 0.3) is 0 Å². The van der Waals surface area contributed by atoms with Crippen molar-refractivity contribution >= 4 is 31.1 Å². The summed E-state index contributed by atoms with van der Waals surface area (Å²) in [4.78, 5) is 6.58. The van der Waals surface area contributed by atoms with E-state index in [4.69, 9.17) is 0 Å². The number of rotatable bonds is 3. The van der Waals surface area contributed by atoms with E-state index in [9.17, 15) is 0 Å². The van der Waals surface area contributed by atoms with Crippen LogP contribution in [-0.2, 0) is 0 Å². The minimum absolute atomic E-state index is 0.572. The molecular weight excluding hydrogens is 200 g/mol. The monoisotopic (exact) mass is 218 g/mol. The highest BCUT2D eigenvalue weighted by molar-refractivity contribution is 7.80. The molecule has 0 spiro atoms. The minimum Gasteiger partial charge on any atom is -0.349 e. The third-order valence-electron chi connectivity index (χ3n) is 2.63. The summed E-state index contributed by atoms with van der Waals surface area (Å²) in [6.45, 7) is 2.05. The molecule has 1 saturated carbocycles. The molecule has 0 amide bonds. The van der Waals surface area contributed by atoms with Crippen molar-refractivity contribution in [2.75, 3.05) is 11.8 Å². The maximum absolute atomic E-state index is 4.34. The van der Waals surface area contributed by atoms with Crippen LogP contribution >= 0.6 is 25.3 Å². The molecule has 1 aliphatic carbocycles. The summed E-state index contributed by atoms with van der Waals surface area (Å²) < 4.78 is 0. The Hall–Kier alpha value is 0.170. The minimum atomic E-state index is 0.572. The van der Waals surface area contributed by atoms with Crippen molar-refractivity contribution in [2.24, 2.45) is 4.99 Å². The van der Waals surface area contributed by atoms with Crippen LogP contribution in [0.2, 0.25) is 0 Å². The van der Waals surface area contributed by atoms with Gasteiger partial charge in [-0.3, -0.25) is 4.99 Å². The van der Waals surface area contributed by atoms with Crippen LogP contribution in [0.15, 0.2) is 4.99 Å². The smallest absolute Gasteiger partial charge is 0.0977 e. The van der Waals surface area contributed by atoms with E-state index >= 15 is 0 Å². The average molecular weight is 218 g/mol. The standard InChI is InChI=1S/C9H18N2S2/c1-8(10-6-12)11(7-13)9-4-2-3-5-9/h9,12-13H,2-7H2,1H3/b10-8-. The predicted octanol–water partition coefficient (Wildman–Crippen LogP) is 2.42. The van der Waals surface area contributed by atoms with E-state index in [1.807, 2.05) is 6.92 Å². The van der Waals surface area contributed by atoms with Gasteiger partial charge < -0.3 is 4.90 Å². The molecule has 1 rings (SSSR count). The molecule has 0 heterocycles. The fourth-order valence-corrected chi connectivity index (χ4v) is 2.53. The highest BCUT2D eigenvalue weighted by Gasteiger charge is 2.21. The van der Waals surface area contributed by atoms with Crippen molar-refractivity contribution in [2.45, 2.75) is 38.6 Å². The van der Waals surface area contributed by atoms with Gasteiger partial charge in [0.15, 0.2) is 0 Å². The Kier molecular flexibility index (Phi) is 5.02. The number of hydrogen-bond acceptors (Lipinski definition) is 3. The molecule has 1 fully saturated rings. The Morgan fingerprint density at radius 3 is 2.46 bits per heavy atom. The van der Waals surface area contributed by atoms with Crippen LogP contribution in [0.3, 0.4) is 0 Å². The van der Waals surface area contributed by atoms with Gasteiger partial charge >= 0.3 is 0 Å². The van der Waals surface area contributed by atoms with E-state index in [-0.39, 0.29) is 0 Å². The number of nitrogens with zero attached hydrogens (tertiary/aromatic N) is 2. The summed E-state index contributed by atoms with van der Waals surface area (Å²) in [6, 6.07) is 0.668. The molecule has 0 aromatic rings. The Morgan fingerprint density at radius 1 is 1.38 bits per heavy atom. The van der Waals surface area contributed by atoms with Gasteiger partial charge in [-0.15, -0.1) is 0 Å². The number of hydrogen-bond donors (Lipinski definition) is 2. The largest absolute Gasteiger partial charge is 0.349 e. The quantitative estimate of drug-likeness (QED) is 0.322. The lowest BCUT2D eigenvalue weighted by Crippen LogP contribution is -2.36. The summed E-state index contributed by atoms with van der Waals surface area (Å²) in [6.07, 6.45) is 5.28. The van der Waals surface area contributed by atoms with Crippen molar-refractivity contribution in [3.8, 4) is 0 Å². The molecule has 0 N–H and O–H groups in total. The Labute approximate surface area is 91.6 Å². The number of thiol groups is 2. The first kappa shape index (κ1) is 11.2. The first-order valence-corrected chi connectivity index (χ1v) is 6.05. The molecule has 0 bridgehead atoms. The van der Waals surface area contributed by atoms with Gasteiger partial charge in [0.1, 0.15) is 0 Å². The molecule has 0 radical (unpaired) electrons. The topological polar surface area (TPSA) is 15.6 Å². The van der Waals surface area contributed by atoms with Crippen LogP contribution < -0.4 is 0 Å². The molecule has 0 aliphatic heterocycles. The van der Waals surface area contributed by atoms with Crippen LogP contribution in [0.4, 0.5) is 0 Å². The molecule has 2 nitrogen and oxygen atoms in total. The van der Waals surface area contributed by atoms with Gasteiger partial charge in [-0.05, 0) is 19.8 Å². The lowest BCUT2D eigenvalue weighted by molar-refractivity contribution is 0.358. The van der Waals surface area contributed by atoms with Gasteiger partial charge in [0.2, 0.25) is 0 Å². The normalized spacial score (nSPS) is 19.5. The van der Waals surface area contributed by atoms with E-state index < -0.39 is 0 Å². The second-order valence-corrected chi connectivity index (χ2v) is 3.96. The van der Waals surface area contributed by atoms with E-state index in [1.54, 1.807) is 0 Å². The molecule has 0 unspecified atom stereocenters. The zero-order valence-electron chi connectivity index (χ0n) is 8.11. The molecule has 0 aromatic heterocycles. The Balaban J connectivity index is 2.54. The third kappa shape index (κ3) is 3.09. The van der Waals surface area contributed by atoms with Crippen molar-refractivity contribution < 1.29 is 0 Å². The van der Waals surface area contributed by atoms with Gasteiger partial charge in [-0.2, -0.15) is 25.3 Å². The third-order valence-corrected chi connectivity index (χ3v) is 3.08. The summed E-state index contributed by atoms with van der Waals surface area (Å²) in [5.74, 6) is 2.42. The van der Waals surface area contributed by atoms with Gasteiger partial charge in [-0.1, -0.05) is 12.8 Å². The second-order valence-electron chi connectivity index (χ2n) is 3.40. The number of amidine groups is 1. The summed E-state index contributed by atoms with van der Waals surface area (Å²) in [5.41, 5.74) is 0. The van der Waals surface area contributed by atoms with Crippen molar-refractivity contribution in [1.29, 1.82) is 0 Å². The van der Waals surface area contributed by atoms with Crippen molar-refractivity contribution in [3.05, 3.63) is 0 Å². The molecule has 4 heteroatoms. The highest BCUT2D eigenvalue weighted by Crippen LogP contribution is 2.24. The maximum atomic E-state index is 4.34. The van der Waals surface area contributed by atoms with Crippen LogP contribution in [0.1, 0.15) is 32.6 Å². The zero-order chi connectivity index (χ0) is 9.68. The summed E-state index contributed by atoms with van der Waals surface area (Å²) in [7, 11) is 0. The van der Waals surface area contributed by atoms with Crippen LogP contribution in [-0.4, -0.2) is 28.5 Å². The van der Waals surface area contributed by atoms with E-state index in [2.05, 4.69) is 35.1 Å². The molecule has 0 saturated heterocycles. The lowest BCUT2D eigenvalue weighted by Gasteiger charge is -2.28. The molecule has 76 valence electrons. The number of aliphatic imine (C=N–C) groups is 1. The molecule has 13 heavy (non-hydrogen) atoms. The Bertz CT molecular complexity index is 176. The van der Waals surface area contributed by atoms with Crippen molar-refractivity contribution in [3.63, 3.8) is 0 Å². The van der Waals surface area contributed by atoms with Gasteiger partial charge in [0.25, 0.3) is 0 Å². The van der Waals surface area contributed by atoms with Crippen molar-refractivity contribution in [1.82, 2.24) is 4.90 Å². The van der Waals surface area contributed by atoms with Crippen LogP contribution in [0, 0.1) is 0 Å². The van der Waals surface area contributed by atoms with Gasteiger partial charge in [0.05, 0.1) is 17.6 Å². The lowest BCUT2D eigenvalue weighted by atomic mass is 10.2. The summed E-state index contributed by atoms with van der Waals surface area (Å²) in [5, 5.41) is 0. The van der Waals surface area contributed by atoms with Gasteiger partial charge in [0, 0.05) is 6.04 Å². The SMILES string of the molecule is C/C(=N/CS)N(CS)C1CCCC1. The highest BCUT2D eigenvalue weighted by atomic mass is 32.1. The van der Waals surface area contributed by atoms with Crippen LogP contribution in [0.5, 0.6) is 0 Å². The van der Waals surface area contributed by atoms with E-state index in [0.29, 0.717) is 11.9 Å².